The normalized spacial score (nSPS) is 18.9. The predicted octanol–water partition coefficient (Wildman–Crippen LogP) is 4.96. The topological polar surface area (TPSA) is 103 Å². The number of aromatic nitrogens is 3. The minimum absolute atomic E-state index is 0.000488. The second-order valence-electron chi connectivity index (χ2n) is 10.5. The molecular weight excluding hydrogens is 545 g/mol. The maximum Gasteiger partial charge on any atom is 0.394 e. The smallest absolute Gasteiger partial charge is 0.394 e. The van der Waals surface area contributed by atoms with Gasteiger partial charge >= 0.3 is 6.18 Å². The zero-order valence-electron chi connectivity index (χ0n) is 22.2. The van der Waals surface area contributed by atoms with E-state index >= 15 is 0 Å². The lowest BCUT2D eigenvalue weighted by atomic mass is 9.85. The van der Waals surface area contributed by atoms with Crippen LogP contribution in [0.2, 0.25) is 5.15 Å². The standard InChI is InChI=1S/C25H34ClF3N4O4S/c1-6-19-32-20(23(34)31-13-15-7-9-17(10-8-15)38(5,35)36)21(26)33(19)22-18(37-4)11-16(14-30-22)12-24(2,3)25(27,28)29/h11,14-15,17H,6-10,12-13H2,1-5H3,(H,31,34). The van der Waals surface area contributed by atoms with Crippen LogP contribution in [0.3, 0.4) is 0 Å². The Bertz CT molecular complexity index is 1270. The largest absolute Gasteiger partial charge is 0.493 e. The number of nitrogens with one attached hydrogen (secondary N) is 1. The number of hydrogen-bond donors (Lipinski definition) is 1. The zero-order chi connectivity index (χ0) is 28.5. The second-order valence-corrected chi connectivity index (χ2v) is 13.2. The summed E-state index contributed by atoms with van der Waals surface area (Å²) in [6, 6.07) is 1.48. The highest BCUT2D eigenvalue weighted by Crippen LogP contribution is 2.41. The van der Waals surface area contributed by atoms with Crippen molar-refractivity contribution in [3.63, 3.8) is 0 Å². The highest BCUT2D eigenvalue weighted by Gasteiger charge is 2.47. The van der Waals surface area contributed by atoms with Crippen LogP contribution in [0.15, 0.2) is 12.3 Å². The summed E-state index contributed by atoms with van der Waals surface area (Å²) in [5.74, 6) is 0.524. The molecule has 1 amide bonds. The van der Waals surface area contributed by atoms with Gasteiger partial charge in [-0.2, -0.15) is 13.2 Å². The summed E-state index contributed by atoms with van der Waals surface area (Å²) < 4.78 is 70.6. The molecule has 0 unspecified atom stereocenters. The average Bonchev–Trinajstić information content (AvgIpc) is 3.17. The van der Waals surface area contributed by atoms with Crippen molar-refractivity contribution in [2.24, 2.45) is 11.3 Å². The van der Waals surface area contributed by atoms with Crippen molar-refractivity contribution in [3.8, 4) is 11.6 Å². The number of halogens is 4. The van der Waals surface area contributed by atoms with Crippen molar-refractivity contribution in [1.29, 1.82) is 0 Å². The number of methoxy groups -OCH3 is 1. The monoisotopic (exact) mass is 578 g/mol. The van der Waals surface area contributed by atoms with Gasteiger partial charge in [0.2, 0.25) is 0 Å². The Balaban J connectivity index is 1.80. The molecular formula is C25H34ClF3N4O4S. The number of pyridine rings is 1. The Morgan fingerprint density at radius 3 is 2.39 bits per heavy atom. The van der Waals surface area contributed by atoms with Gasteiger partial charge in [0.1, 0.15) is 20.8 Å². The average molecular weight is 579 g/mol. The number of imidazole rings is 1. The number of alkyl halides is 3. The van der Waals surface area contributed by atoms with Gasteiger partial charge in [-0.1, -0.05) is 32.4 Å². The molecule has 1 fully saturated rings. The highest BCUT2D eigenvalue weighted by atomic mass is 35.5. The Labute approximate surface area is 226 Å². The summed E-state index contributed by atoms with van der Waals surface area (Å²) in [6.07, 6.45) is 0.828. The van der Waals surface area contributed by atoms with E-state index < -0.39 is 27.3 Å². The van der Waals surface area contributed by atoms with E-state index in [1.807, 2.05) is 6.92 Å². The van der Waals surface area contributed by atoms with Crippen molar-refractivity contribution in [3.05, 3.63) is 34.5 Å². The van der Waals surface area contributed by atoms with Gasteiger partial charge in [-0.3, -0.25) is 9.36 Å². The predicted molar refractivity (Wildman–Crippen MR) is 139 cm³/mol. The van der Waals surface area contributed by atoms with Gasteiger partial charge in [-0.05, 0) is 49.7 Å². The van der Waals surface area contributed by atoms with E-state index in [-0.39, 0.29) is 40.0 Å². The minimum atomic E-state index is -4.39. The molecule has 38 heavy (non-hydrogen) atoms. The third kappa shape index (κ3) is 6.62. The molecule has 0 spiro atoms. The summed E-state index contributed by atoms with van der Waals surface area (Å²) in [5, 5.41) is 2.53. The molecule has 2 heterocycles. The van der Waals surface area contributed by atoms with E-state index in [0.717, 1.165) is 13.8 Å². The number of amides is 1. The van der Waals surface area contributed by atoms with E-state index in [4.69, 9.17) is 16.3 Å². The van der Waals surface area contributed by atoms with Crippen LogP contribution in [0.5, 0.6) is 5.75 Å². The molecule has 0 radical (unpaired) electrons. The summed E-state index contributed by atoms with van der Waals surface area (Å²) in [5.41, 5.74) is -1.62. The lowest BCUT2D eigenvalue weighted by Crippen LogP contribution is -2.34. The highest BCUT2D eigenvalue weighted by molar-refractivity contribution is 7.91. The summed E-state index contributed by atoms with van der Waals surface area (Å²) in [7, 11) is -1.69. The number of carbonyl (C=O) groups is 1. The Kier molecular flexibility index (Phi) is 9.07. The van der Waals surface area contributed by atoms with Crippen LogP contribution < -0.4 is 10.1 Å². The molecule has 1 aliphatic carbocycles. The molecule has 8 nitrogen and oxygen atoms in total. The fourth-order valence-corrected chi connectivity index (χ4v) is 6.06. The van der Waals surface area contributed by atoms with Gasteiger partial charge in [0.25, 0.3) is 5.91 Å². The molecule has 0 atom stereocenters. The van der Waals surface area contributed by atoms with Crippen LogP contribution in [0.1, 0.15) is 68.3 Å². The third-order valence-electron chi connectivity index (χ3n) is 7.11. The Hall–Kier alpha value is -2.34. The first kappa shape index (κ1) is 30.2. The number of ether oxygens (including phenoxy) is 1. The van der Waals surface area contributed by atoms with E-state index in [2.05, 4.69) is 15.3 Å². The van der Waals surface area contributed by atoms with Crippen molar-refractivity contribution in [1.82, 2.24) is 19.9 Å². The summed E-state index contributed by atoms with van der Waals surface area (Å²) >= 11 is 6.59. The fourth-order valence-electron chi connectivity index (χ4n) is 4.63. The SMILES string of the molecule is CCc1nc(C(=O)NCC2CCC(S(C)(=O)=O)CC2)c(Cl)n1-c1ncc(CC(C)(C)C(F)(F)F)cc1OC. The van der Waals surface area contributed by atoms with Crippen LogP contribution in [0.25, 0.3) is 5.82 Å². The Morgan fingerprint density at radius 2 is 1.87 bits per heavy atom. The van der Waals surface area contributed by atoms with Crippen molar-refractivity contribution in [2.75, 3.05) is 19.9 Å². The van der Waals surface area contributed by atoms with Crippen LogP contribution in [-0.2, 0) is 22.7 Å². The molecule has 0 aliphatic heterocycles. The fraction of sp³-hybridized carbons (Fsp3) is 0.640. The molecule has 0 aromatic carbocycles. The molecule has 1 saturated carbocycles. The van der Waals surface area contributed by atoms with Gasteiger partial charge in [-0.15, -0.1) is 0 Å². The second kappa shape index (κ2) is 11.4. The molecule has 1 N–H and O–H groups in total. The van der Waals surface area contributed by atoms with E-state index in [0.29, 0.717) is 50.0 Å². The van der Waals surface area contributed by atoms with Gasteiger partial charge < -0.3 is 10.1 Å². The van der Waals surface area contributed by atoms with Gasteiger partial charge in [-0.25, -0.2) is 18.4 Å². The maximum atomic E-state index is 13.4. The first-order valence-electron chi connectivity index (χ1n) is 12.4. The van der Waals surface area contributed by atoms with E-state index in [1.54, 1.807) is 0 Å². The molecule has 1 aliphatic rings. The molecule has 212 valence electrons. The molecule has 13 heteroatoms. The summed E-state index contributed by atoms with van der Waals surface area (Å²) in [4.78, 5) is 21.7. The van der Waals surface area contributed by atoms with Gasteiger partial charge in [0.05, 0.1) is 17.8 Å². The maximum absolute atomic E-state index is 13.4. The van der Waals surface area contributed by atoms with Crippen LogP contribution in [0, 0.1) is 11.3 Å². The van der Waals surface area contributed by atoms with Crippen molar-refractivity contribution < 1.29 is 31.1 Å². The van der Waals surface area contributed by atoms with Crippen LogP contribution in [0.4, 0.5) is 13.2 Å². The number of hydrogen-bond acceptors (Lipinski definition) is 6. The molecule has 2 aromatic heterocycles. The van der Waals surface area contributed by atoms with Gasteiger partial charge in [0.15, 0.2) is 17.3 Å². The van der Waals surface area contributed by atoms with Crippen LogP contribution in [-0.4, -0.2) is 60.2 Å². The van der Waals surface area contributed by atoms with E-state index in [1.165, 1.54) is 30.2 Å². The lowest BCUT2D eigenvalue weighted by Gasteiger charge is -2.27. The number of rotatable bonds is 9. The van der Waals surface area contributed by atoms with Crippen molar-refractivity contribution >= 4 is 27.3 Å². The number of nitrogens with zero attached hydrogens (tertiary/aromatic N) is 3. The number of carbonyl (C=O) groups excluding carboxylic acids is 1. The molecule has 0 bridgehead atoms. The number of aryl methyl sites for hydroxylation is 1. The first-order chi connectivity index (χ1) is 17.6. The Morgan fingerprint density at radius 1 is 1.24 bits per heavy atom. The molecule has 0 saturated heterocycles. The molecule has 2 aromatic rings. The third-order valence-corrected chi connectivity index (χ3v) is 9.14. The quantitative estimate of drug-likeness (QED) is 0.451. The first-order valence-corrected chi connectivity index (χ1v) is 14.8. The summed E-state index contributed by atoms with van der Waals surface area (Å²) in [6.45, 7) is 4.43. The zero-order valence-corrected chi connectivity index (χ0v) is 23.7. The van der Waals surface area contributed by atoms with Crippen molar-refractivity contribution in [2.45, 2.75) is 70.7 Å². The minimum Gasteiger partial charge on any atom is -0.493 e. The molecule has 3 rings (SSSR count). The van der Waals surface area contributed by atoms with E-state index in [9.17, 15) is 26.4 Å². The lowest BCUT2D eigenvalue weighted by molar-refractivity contribution is -0.211. The van der Waals surface area contributed by atoms with Crippen LogP contribution >= 0.6 is 11.6 Å². The number of sulfone groups is 1. The van der Waals surface area contributed by atoms with Gasteiger partial charge in [0, 0.05) is 25.4 Å².